The van der Waals surface area contributed by atoms with E-state index in [1.807, 2.05) is 0 Å². The predicted molar refractivity (Wildman–Crippen MR) is 75.3 cm³/mol. The second-order valence-electron chi connectivity index (χ2n) is 6.63. The lowest BCUT2D eigenvalue weighted by molar-refractivity contribution is -0.174. The van der Waals surface area contributed by atoms with E-state index < -0.39 is 41.9 Å². The highest BCUT2D eigenvalue weighted by Gasteiger charge is 2.25. The first kappa shape index (κ1) is 19.2. The molecule has 0 saturated heterocycles. The zero-order valence-electron chi connectivity index (χ0n) is 13.7. The molecule has 1 atom stereocenters. The summed E-state index contributed by atoms with van der Waals surface area (Å²) in [4.78, 5) is 34.5. The summed E-state index contributed by atoms with van der Waals surface area (Å²) in [5.74, 6) is -1.20. The monoisotopic (exact) mass is 303 g/mol. The number of amides is 1. The number of carbonyl (C=O) groups excluding carboxylic acids is 3. The molecule has 0 heterocycles. The normalized spacial score (nSPS) is 13.1. The van der Waals surface area contributed by atoms with Gasteiger partial charge in [0.05, 0.1) is 5.41 Å². The average molecular weight is 303 g/mol. The summed E-state index contributed by atoms with van der Waals surface area (Å²) >= 11 is 0. The van der Waals surface area contributed by atoms with Gasteiger partial charge in [-0.2, -0.15) is 0 Å². The van der Waals surface area contributed by atoms with Crippen molar-refractivity contribution < 1.29 is 28.6 Å². The number of esters is 2. The highest BCUT2D eigenvalue weighted by molar-refractivity contribution is 5.81. The lowest BCUT2D eigenvalue weighted by Gasteiger charge is -2.21. The quantitative estimate of drug-likeness (QED) is 0.631. The molecule has 0 aliphatic rings. The number of hydrogen-bond acceptors (Lipinski definition) is 6. The maximum Gasteiger partial charge on any atom is 0.408 e. The topological polar surface area (TPSA) is 90.9 Å². The Morgan fingerprint density at radius 1 is 1.00 bits per heavy atom. The molecule has 0 rings (SSSR count). The van der Waals surface area contributed by atoms with Crippen molar-refractivity contribution in [1.29, 1.82) is 0 Å². The minimum atomic E-state index is -0.909. The summed E-state index contributed by atoms with van der Waals surface area (Å²) < 4.78 is 14.5. The molecule has 0 unspecified atom stereocenters. The van der Waals surface area contributed by atoms with Crippen molar-refractivity contribution in [2.45, 2.75) is 60.1 Å². The summed E-state index contributed by atoms with van der Waals surface area (Å²) in [5.41, 5.74) is -1.33. The van der Waals surface area contributed by atoms with Gasteiger partial charge in [0.25, 0.3) is 0 Å². The number of ether oxygens (including phenoxy) is 3. The molecule has 7 nitrogen and oxygen atoms in total. The minimum Gasteiger partial charge on any atom is -0.444 e. The van der Waals surface area contributed by atoms with Gasteiger partial charge in [-0.3, -0.25) is 4.79 Å². The van der Waals surface area contributed by atoms with Crippen molar-refractivity contribution in [3.8, 4) is 0 Å². The molecule has 1 amide bonds. The lowest BCUT2D eigenvalue weighted by Crippen LogP contribution is -2.42. The zero-order chi connectivity index (χ0) is 16.8. The van der Waals surface area contributed by atoms with Crippen LogP contribution in [0.4, 0.5) is 4.79 Å². The fourth-order valence-corrected chi connectivity index (χ4v) is 1.03. The molecule has 0 aromatic heterocycles. The highest BCUT2D eigenvalue weighted by atomic mass is 16.7. The summed E-state index contributed by atoms with van der Waals surface area (Å²) in [6.07, 6.45) is -0.723. The van der Waals surface area contributed by atoms with Crippen LogP contribution in [0, 0.1) is 5.41 Å². The van der Waals surface area contributed by atoms with Gasteiger partial charge in [0.1, 0.15) is 11.6 Å². The van der Waals surface area contributed by atoms with Crippen molar-refractivity contribution in [2.24, 2.45) is 5.41 Å². The number of hydrogen-bond donors (Lipinski definition) is 1. The molecule has 0 aliphatic heterocycles. The summed E-state index contributed by atoms with van der Waals surface area (Å²) in [6.45, 7) is 11.1. The van der Waals surface area contributed by atoms with Crippen molar-refractivity contribution in [3.05, 3.63) is 0 Å². The third-order valence-electron chi connectivity index (χ3n) is 2.09. The molecule has 1 N–H and O–H groups in total. The molecule has 0 spiro atoms. The van der Waals surface area contributed by atoms with E-state index in [0.717, 1.165) is 0 Å². The van der Waals surface area contributed by atoms with Crippen LogP contribution in [0.25, 0.3) is 0 Å². The summed E-state index contributed by atoms with van der Waals surface area (Å²) in [5, 5.41) is 2.33. The van der Waals surface area contributed by atoms with E-state index in [2.05, 4.69) is 5.32 Å². The van der Waals surface area contributed by atoms with E-state index in [1.165, 1.54) is 6.92 Å². The van der Waals surface area contributed by atoms with Crippen molar-refractivity contribution in [3.63, 3.8) is 0 Å². The third kappa shape index (κ3) is 8.88. The van der Waals surface area contributed by atoms with E-state index in [1.54, 1.807) is 41.5 Å². The minimum absolute atomic E-state index is 0.483. The zero-order valence-corrected chi connectivity index (χ0v) is 13.7. The summed E-state index contributed by atoms with van der Waals surface area (Å²) in [7, 11) is 0. The Hall–Kier alpha value is -1.79. The second kappa shape index (κ2) is 7.28. The van der Waals surface area contributed by atoms with E-state index in [0.29, 0.717) is 0 Å². The van der Waals surface area contributed by atoms with Crippen molar-refractivity contribution in [2.75, 3.05) is 6.79 Å². The van der Waals surface area contributed by atoms with E-state index in [9.17, 15) is 14.4 Å². The molecule has 122 valence electrons. The lowest BCUT2D eigenvalue weighted by atomic mass is 9.98. The van der Waals surface area contributed by atoms with Crippen LogP contribution in [0.1, 0.15) is 48.5 Å². The molecule has 0 fully saturated rings. The van der Waals surface area contributed by atoms with Crippen LogP contribution in [0.3, 0.4) is 0 Å². The largest absolute Gasteiger partial charge is 0.444 e. The number of rotatable bonds is 4. The Bertz CT molecular complexity index is 391. The smallest absolute Gasteiger partial charge is 0.408 e. The summed E-state index contributed by atoms with van der Waals surface area (Å²) in [6, 6.07) is -0.909. The van der Waals surface area contributed by atoms with E-state index in [-0.39, 0.29) is 0 Å². The Morgan fingerprint density at radius 2 is 1.52 bits per heavy atom. The molecular formula is C14H25NO6. The SMILES string of the molecule is C[C@H](NC(=O)OC(C)(C)C)C(=O)OCOC(=O)C(C)(C)C. The fourth-order valence-electron chi connectivity index (χ4n) is 1.03. The predicted octanol–water partition coefficient (Wildman–Crippen LogP) is 1.99. The molecule has 0 aromatic rings. The Morgan fingerprint density at radius 3 is 1.95 bits per heavy atom. The van der Waals surface area contributed by atoms with Gasteiger partial charge in [-0.15, -0.1) is 0 Å². The Kier molecular flexibility index (Phi) is 6.66. The Labute approximate surface area is 125 Å². The number of carbonyl (C=O) groups is 3. The van der Waals surface area contributed by atoms with Gasteiger partial charge in [-0.25, -0.2) is 9.59 Å². The van der Waals surface area contributed by atoms with E-state index >= 15 is 0 Å². The van der Waals surface area contributed by atoms with Gasteiger partial charge in [0, 0.05) is 0 Å². The molecule has 0 radical (unpaired) electrons. The molecule has 21 heavy (non-hydrogen) atoms. The first-order valence-electron chi connectivity index (χ1n) is 6.66. The van der Waals surface area contributed by atoms with Crippen molar-refractivity contribution >= 4 is 18.0 Å². The third-order valence-corrected chi connectivity index (χ3v) is 2.09. The van der Waals surface area contributed by atoms with Gasteiger partial charge in [-0.05, 0) is 48.5 Å². The van der Waals surface area contributed by atoms with Gasteiger partial charge < -0.3 is 19.5 Å². The van der Waals surface area contributed by atoms with Crippen LogP contribution >= 0.6 is 0 Å². The maximum atomic E-state index is 11.6. The first-order chi connectivity index (χ1) is 9.33. The number of nitrogens with one attached hydrogen (secondary N) is 1. The van der Waals surface area contributed by atoms with Gasteiger partial charge >= 0.3 is 18.0 Å². The molecular weight excluding hydrogens is 278 g/mol. The van der Waals surface area contributed by atoms with Crippen LogP contribution in [0.2, 0.25) is 0 Å². The van der Waals surface area contributed by atoms with Gasteiger partial charge in [0.15, 0.2) is 0 Å². The van der Waals surface area contributed by atoms with Crippen LogP contribution < -0.4 is 5.32 Å². The number of alkyl carbamates (subject to hydrolysis) is 1. The van der Waals surface area contributed by atoms with Gasteiger partial charge in [-0.1, -0.05) is 0 Å². The molecule has 0 bridgehead atoms. The maximum absolute atomic E-state index is 11.6. The van der Waals surface area contributed by atoms with Crippen LogP contribution in [-0.2, 0) is 23.8 Å². The standard InChI is InChI=1S/C14H25NO6/c1-9(15-12(18)21-14(5,6)7)10(16)19-8-20-11(17)13(2,3)4/h9H,8H2,1-7H3,(H,15,18)/t9-/m0/s1. The molecule has 0 aliphatic carbocycles. The second-order valence-corrected chi connectivity index (χ2v) is 6.63. The van der Waals surface area contributed by atoms with E-state index in [4.69, 9.17) is 14.2 Å². The van der Waals surface area contributed by atoms with Crippen LogP contribution in [0.15, 0.2) is 0 Å². The van der Waals surface area contributed by atoms with Gasteiger partial charge in [0.2, 0.25) is 6.79 Å². The molecule has 0 aromatic carbocycles. The Balaban J connectivity index is 4.12. The van der Waals surface area contributed by atoms with Crippen LogP contribution in [-0.4, -0.2) is 36.5 Å². The average Bonchev–Trinajstić information content (AvgIpc) is 2.24. The molecule has 7 heteroatoms. The van der Waals surface area contributed by atoms with Crippen LogP contribution in [0.5, 0.6) is 0 Å². The van der Waals surface area contributed by atoms with Crippen molar-refractivity contribution in [1.82, 2.24) is 5.32 Å². The molecule has 0 saturated carbocycles. The fraction of sp³-hybridized carbons (Fsp3) is 0.786. The highest BCUT2D eigenvalue weighted by Crippen LogP contribution is 2.14. The first-order valence-corrected chi connectivity index (χ1v) is 6.66.